The highest BCUT2D eigenvalue weighted by molar-refractivity contribution is 6.59. The van der Waals surface area contributed by atoms with Gasteiger partial charge < -0.3 is 19.5 Å². The first-order valence-corrected chi connectivity index (χ1v) is 7.79. The number of methoxy groups -OCH3 is 1. The van der Waals surface area contributed by atoms with E-state index in [9.17, 15) is 10.0 Å². The van der Waals surface area contributed by atoms with Gasteiger partial charge in [0.15, 0.2) is 0 Å². The fraction of sp³-hybridized carbons (Fsp3) is 0.625. The van der Waals surface area contributed by atoms with Gasteiger partial charge in [-0.2, -0.15) is 0 Å². The Morgan fingerprint density at radius 3 is 2.43 bits per heavy atom. The van der Waals surface area contributed by atoms with E-state index in [1.165, 1.54) is 32.1 Å². The molecule has 0 aromatic heterocycles. The third kappa shape index (κ3) is 6.98. The molecule has 118 valence electrons. The highest BCUT2D eigenvalue weighted by atomic mass is 16.5. The predicted octanol–water partition coefficient (Wildman–Crippen LogP) is 2.25. The van der Waals surface area contributed by atoms with Crippen molar-refractivity contribution in [3.63, 3.8) is 0 Å². The van der Waals surface area contributed by atoms with Crippen molar-refractivity contribution in [2.24, 2.45) is 0 Å². The van der Waals surface area contributed by atoms with Crippen molar-refractivity contribution in [3.8, 4) is 5.75 Å². The molecule has 0 saturated carbocycles. The Morgan fingerprint density at radius 1 is 1.05 bits per heavy atom. The molecule has 0 fully saturated rings. The number of rotatable bonds is 11. The summed E-state index contributed by atoms with van der Waals surface area (Å²) in [4.78, 5) is 0. The monoisotopic (exact) mass is 294 g/mol. The number of benzene rings is 1. The molecule has 1 rings (SSSR count). The molecule has 0 amide bonds. The minimum absolute atomic E-state index is 0.374. The van der Waals surface area contributed by atoms with Crippen LogP contribution in [-0.2, 0) is 11.3 Å². The minimum Gasteiger partial charge on any atom is -0.497 e. The second-order valence-electron chi connectivity index (χ2n) is 5.26. The molecular formula is C16H27BO4. The van der Waals surface area contributed by atoms with Gasteiger partial charge in [0.1, 0.15) is 5.75 Å². The molecule has 0 heterocycles. The molecular weight excluding hydrogens is 267 g/mol. The van der Waals surface area contributed by atoms with Gasteiger partial charge in [-0.25, -0.2) is 0 Å². The van der Waals surface area contributed by atoms with Crippen LogP contribution in [0.2, 0.25) is 0 Å². The van der Waals surface area contributed by atoms with Gasteiger partial charge in [-0.15, -0.1) is 0 Å². The van der Waals surface area contributed by atoms with Crippen LogP contribution in [0.3, 0.4) is 0 Å². The zero-order chi connectivity index (χ0) is 15.5. The summed E-state index contributed by atoms with van der Waals surface area (Å²) in [7, 11) is 0.106. The van der Waals surface area contributed by atoms with Crippen LogP contribution in [0.4, 0.5) is 0 Å². The molecule has 5 heteroatoms. The lowest BCUT2D eigenvalue weighted by Crippen LogP contribution is -2.33. The molecule has 0 radical (unpaired) electrons. The Hall–Kier alpha value is -1.04. The smallest absolute Gasteiger partial charge is 0.488 e. The van der Waals surface area contributed by atoms with Gasteiger partial charge in [-0.05, 0) is 29.6 Å². The minimum atomic E-state index is -1.48. The van der Waals surface area contributed by atoms with E-state index < -0.39 is 7.12 Å². The maximum atomic E-state index is 9.35. The van der Waals surface area contributed by atoms with Gasteiger partial charge in [-0.3, -0.25) is 0 Å². The quantitative estimate of drug-likeness (QED) is 0.485. The molecule has 0 unspecified atom stereocenters. The third-order valence-corrected chi connectivity index (χ3v) is 3.53. The second-order valence-corrected chi connectivity index (χ2v) is 5.26. The summed E-state index contributed by atoms with van der Waals surface area (Å²) in [5.74, 6) is 0.692. The number of hydrogen-bond donors (Lipinski definition) is 2. The zero-order valence-corrected chi connectivity index (χ0v) is 13.2. The summed E-state index contributed by atoms with van der Waals surface area (Å²) < 4.78 is 10.8. The first-order valence-electron chi connectivity index (χ1n) is 7.79. The van der Waals surface area contributed by atoms with Crippen molar-refractivity contribution < 1.29 is 19.5 Å². The van der Waals surface area contributed by atoms with Crippen molar-refractivity contribution in [3.05, 3.63) is 23.8 Å². The van der Waals surface area contributed by atoms with Crippen LogP contribution in [0, 0.1) is 0 Å². The second kappa shape index (κ2) is 10.7. The van der Waals surface area contributed by atoms with Crippen molar-refractivity contribution in [1.29, 1.82) is 0 Å². The lowest BCUT2D eigenvalue weighted by molar-refractivity contribution is 0.117. The van der Waals surface area contributed by atoms with Crippen LogP contribution < -0.4 is 10.2 Å². The summed E-state index contributed by atoms with van der Waals surface area (Å²) in [5.41, 5.74) is 1.23. The first kappa shape index (κ1) is 18.0. The number of unbranched alkanes of at least 4 members (excludes halogenated alkanes) is 5. The molecule has 0 saturated heterocycles. The van der Waals surface area contributed by atoms with Crippen molar-refractivity contribution in [2.75, 3.05) is 13.7 Å². The Kier molecular flexibility index (Phi) is 9.14. The Morgan fingerprint density at radius 2 is 1.76 bits per heavy atom. The Bertz CT molecular complexity index is 396. The average Bonchev–Trinajstić information content (AvgIpc) is 2.49. The van der Waals surface area contributed by atoms with Crippen molar-refractivity contribution >= 4 is 12.6 Å². The van der Waals surface area contributed by atoms with Gasteiger partial charge in [0, 0.05) is 6.61 Å². The average molecular weight is 294 g/mol. The normalized spacial score (nSPS) is 10.7. The number of ether oxygens (including phenoxy) is 2. The highest BCUT2D eigenvalue weighted by Crippen LogP contribution is 2.13. The lowest BCUT2D eigenvalue weighted by atomic mass is 9.77. The Balaban J connectivity index is 2.33. The van der Waals surface area contributed by atoms with E-state index in [-0.39, 0.29) is 0 Å². The number of hydrogen-bond acceptors (Lipinski definition) is 4. The summed E-state index contributed by atoms with van der Waals surface area (Å²) in [6.07, 6.45) is 7.36. The SMILES string of the molecule is CCCCCCCCOCc1cc(OC)ccc1B(O)O. The molecule has 4 nitrogen and oxygen atoms in total. The molecule has 0 spiro atoms. The van der Waals surface area contributed by atoms with Crippen molar-refractivity contribution in [2.45, 2.75) is 52.1 Å². The Labute approximate surface area is 128 Å². The third-order valence-electron chi connectivity index (χ3n) is 3.53. The van der Waals surface area contributed by atoms with E-state index in [1.54, 1.807) is 25.3 Å². The van der Waals surface area contributed by atoms with Gasteiger partial charge in [0.05, 0.1) is 13.7 Å². The summed E-state index contributed by atoms with van der Waals surface area (Å²) in [6.45, 7) is 3.29. The van der Waals surface area contributed by atoms with Crippen LogP contribution in [-0.4, -0.2) is 30.9 Å². The molecule has 21 heavy (non-hydrogen) atoms. The van der Waals surface area contributed by atoms with E-state index in [0.717, 1.165) is 12.0 Å². The fourth-order valence-corrected chi connectivity index (χ4v) is 2.25. The largest absolute Gasteiger partial charge is 0.497 e. The van der Waals surface area contributed by atoms with Crippen LogP contribution in [0.15, 0.2) is 18.2 Å². The maximum absolute atomic E-state index is 9.35. The van der Waals surface area contributed by atoms with Crippen LogP contribution in [0.25, 0.3) is 0 Å². The van der Waals surface area contributed by atoms with Gasteiger partial charge in [0.2, 0.25) is 0 Å². The maximum Gasteiger partial charge on any atom is 0.488 e. The van der Waals surface area contributed by atoms with Crippen LogP contribution in [0.1, 0.15) is 51.0 Å². The van der Waals surface area contributed by atoms with E-state index in [1.807, 2.05) is 0 Å². The fourth-order valence-electron chi connectivity index (χ4n) is 2.25. The van der Waals surface area contributed by atoms with Crippen molar-refractivity contribution in [1.82, 2.24) is 0 Å². The predicted molar refractivity (Wildman–Crippen MR) is 85.9 cm³/mol. The van der Waals surface area contributed by atoms with Gasteiger partial charge in [0.25, 0.3) is 0 Å². The zero-order valence-electron chi connectivity index (χ0n) is 13.2. The summed E-state index contributed by atoms with van der Waals surface area (Å²) in [5, 5.41) is 18.7. The highest BCUT2D eigenvalue weighted by Gasteiger charge is 2.16. The van der Waals surface area contributed by atoms with E-state index in [0.29, 0.717) is 24.4 Å². The summed E-state index contributed by atoms with van der Waals surface area (Å²) in [6, 6.07) is 5.16. The molecule has 0 aliphatic heterocycles. The summed E-state index contributed by atoms with van der Waals surface area (Å²) >= 11 is 0. The lowest BCUT2D eigenvalue weighted by Gasteiger charge is -2.11. The van der Waals surface area contributed by atoms with Crippen LogP contribution >= 0.6 is 0 Å². The molecule has 0 atom stereocenters. The van der Waals surface area contributed by atoms with E-state index >= 15 is 0 Å². The molecule has 1 aromatic carbocycles. The molecule has 0 aliphatic carbocycles. The topological polar surface area (TPSA) is 58.9 Å². The van der Waals surface area contributed by atoms with E-state index in [4.69, 9.17) is 9.47 Å². The standard InChI is InChI=1S/C16H27BO4/c1-3-4-5-6-7-8-11-21-13-14-12-15(20-2)9-10-16(14)17(18)19/h9-10,12,18-19H,3-8,11,13H2,1-2H3. The van der Waals surface area contributed by atoms with Gasteiger partial charge in [-0.1, -0.05) is 45.1 Å². The first-order chi connectivity index (χ1) is 10.2. The van der Waals surface area contributed by atoms with Gasteiger partial charge >= 0.3 is 7.12 Å². The molecule has 2 N–H and O–H groups in total. The molecule has 0 aliphatic rings. The molecule has 0 bridgehead atoms. The van der Waals surface area contributed by atoms with Crippen LogP contribution in [0.5, 0.6) is 5.75 Å². The molecule has 1 aromatic rings. The van der Waals surface area contributed by atoms with E-state index in [2.05, 4.69) is 6.92 Å².